The van der Waals surface area contributed by atoms with Crippen LogP contribution in [0.5, 0.6) is 11.5 Å². The van der Waals surface area contributed by atoms with Crippen molar-refractivity contribution in [3.05, 3.63) is 23.8 Å². The second-order valence-corrected chi connectivity index (χ2v) is 7.58. The van der Waals surface area contributed by atoms with Gasteiger partial charge in [0.05, 0.1) is 5.41 Å². The molecule has 1 aromatic rings. The molecule has 0 atom stereocenters. The maximum Gasteiger partial charge on any atom is 0.316 e. The molecule has 1 rings (SSSR count). The Balaban J connectivity index is 3.16. The average Bonchev–Trinajstić information content (AvgIpc) is 2.45. The zero-order valence-electron chi connectivity index (χ0n) is 14.9. The van der Waals surface area contributed by atoms with Crippen molar-refractivity contribution < 1.29 is 23.9 Å². The van der Waals surface area contributed by atoms with E-state index in [1.807, 2.05) is 6.82 Å². The molecule has 0 aliphatic heterocycles. The van der Waals surface area contributed by atoms with Crippen LogP contribution in [0.3, 0.4) is 0 Å². The van der Waals surface area contributed by atoms with Crippen LogP contribution in [0.15, 0.2) is 18.2 Å². The zero-order chi connectivity index (χ0) is 18.7. The number of benzene rings is 1. The number of hydrogen-bond acceptors (Lipinski definition) is 5. The van der Waals surface area contributed by atoms with Crippen molar-refractivity contribution >= 4 is 36.1 Å². The molecule has 0 saturated heterocycles. The van der Waals surface area contributed by atoms with Gasteiger partial charge in [-0.05, 0) is 44.5 Å². The van der Waals surface area contributed by atoms with Crippen LogP contribution in [0.25, 0.3) is 0 Å². The Morgan fingerprint density at radius 1 is 0.917 bits per heavy atom. The summed E-state index contributed by atoms with van der Waals surface area (Å²) in [6.45, 7) is 10.5. The Bertz CT molecular complexity index is 661. The molecule has 0 aromatic heterocycles. The fourth-order valence-corrected chi connectivity index (χ4v) is 1.56. The van der Waals surface area contributed by atoms with Gasteiger partial charge in [0, 0.05) is 16.9 Å². The van der Waals surface area contributed by atoms with Crippen LogP contribution in [0.2, 0.25) is 12.1 Å². The van der Waals surface area contributed by atoms with E-state index in [9.17, 15) is 14.4 Å². The first-order valence-corrected chi connectivity index (χ1v) is 8.04. The lowest BCUT2D eigenvalue weighted by Crippen LogP contribution is -2.27. The second kappa shape index (κ2) is 7.39. The number of esters is 2. The smallest absolute Gasteiger partial charge is 0.316 e. The van der Waals surface area contributed by atoms with E-state index in [-0.39, 0.29) is 17.1 Å². The van der Waals surface area contributed by atoms with Crippen molar-refractivity contribution in [3.63, 3.8) is 0 Å². The minimum absolute atomic E-state index is 0.0768. The standard InChI is InChI=1S/C17H22BClO5/c1-16(2,3)14(21)23-11-7-10(13(19)20)8-12(9-11)24-15(22)17(4,5)18-6/h7-9,18H,1-6H3. The maximum absolute atomic E-state index is 12.2. The third kappa shape index (κ3) is 5.37. The summed E-state index contributed by atoms with van der Waals surface area (Å²) in [4.78, 5) is 35.7. The third-order valence-electron chi connectivity index (χ3n) is 3.58. The summed E-state index contributed by atoms with van der Waals surface area (Å²) in [7, 11) is 0.589. The molecule has 1 aromatic carbocycles. The fraction of sp³-hybridized carbons (Fsp3) is 0.471. The minimum Gasteiger partial charge on any atom is -0.426 e. The molecule has 0 bridgehead atoms. The molecule has 0 radical (unpaired) electrons. The Labute approximate surface area is 147 Å². The number of hydrogen-bond donors (Lipinski definition) is 0. The van der Waals surface area contributed by atoms with Gasteiger partial charge in [-0.25, -0.2) is 0 Å². The van der Waals surface area contributed by atoms with Gasteiger partial charge in [0.15, 0.2) is 0 Å². The fourth-order valence-electron chi connectivity index (χ4n) is 1.45. The number of carbonyl (C=O) groups is 3. The lowest BCUT2D eigenvalue weighted by atomic mass is 9.56. The van der Waals surface area contributed by atoms with Gasteiger partial charge in [0.1, 0.15) is 18.8 Å². The first-order chi connectivity index (χ1) is 10.9. The minimum atomic E-state index is -0.740. The van der Waals surface area contributed by atoms with Crippen molar-refractivity contribution in [2.24, 2.45) is 5.41 Å². The Morgan fingerprint density at radius 3 is 1.75 bits per heavy atom. The van der Waals surface area contributed by atoms with Crippen LogP contribution in [-0.2, 0) is 9.59 Å². The quantitative estimate of drug-likeness (QED) is 0.350. The molecule has 7 heteroatoms. The zero-order valence-corrected chi connectivity index (χ0v) is 15.6. The van der Waals surface area contributed by atoms with Crippen molar-refractivity contribution in [3.8, 4) is 11.5 Å². The summed E-state index contributed by atoms with van der Waals surface area (Å²) in [6, 6.07) is 4.06. The van der Waals surface area contributed by atoms with E-state index in [1.54, 1.807) is 34.6 Å². The van der Waals surface area contributed by atoms with Crippen LogP contribution in [0.4, 0.5) is 0 Å². The van der Waals surface area contributed by atoms with Gasteiger partial charge in [-0.15, -0.1) is 0 Å². The first-order valence-electron chi connectivity index (χ1n) is 7.66. The highest BCUT2D eigenvalue weighted by Crippen LogP contribution is 2.30. The van der Waals surface area contributed by atoms with Gasteiger partial charge in [0.25, 0.3) is 5.24 Å². The molecule has 0 aliphatic rings. The maximum atomic E-state index is 12.2. The Hall–Kier alpha value is -1.82. The molecule has 0 saturated carbocycles. The molecule has 5 nitrogen and oxygen atoms in total. The SMILES string of the molecule is CBC(C)(C)C(=O)Oc1cc(OC(=O)C(C)(C)C)cc(C(=O)Cl)c1. The molecule has 0 amide bonds. The van der Waals surface area contributed by atoms with E-state index in [4.69, 9.17) is 21.1 Å². The van der Waals surface area contributed by atoms with Gasteiger partial charge in [-0.2, -0.15) is 0 Å². The molecule has 0 heterocycles. The number of ether oxygens (including phenoxy) is 2. The Morgan fingerprint density at radius 2 is 1.38 bits per heavy atom. The molecule has 0 N–H and O–H groups in total. The van der Waals surface area contributed by atoms with Gasteiger partial charge in [0.2, 0.25) is 0 Å². The number of halogens is 1. The van der Waals surface area contributed by atoms with Crippen LogP contribution >= 0.6 is 11.6 Å². The normalized spacial score (nSPS) is 11.6. The summed E-state index contributed by atoms with van der Waals surface area (Å²) in [5.41, 5.74) is -0.643. The van der Waals surface area contributed by atoms with E-state index in [0.717, 1.165) is 0 Å². The van der Waals surface area contributed by atoms with E-state index in [1.165, 1.54) is 18.2 Å². The molecule has 0 fully saturated rings. The summed E-state index contributed by atoms with van der Waals surface area (Å²) in [5, 5.41) is -1.42. The molecule has 24 heavy (non-hydrogen) atoms. The summed E-state index contributed by atoms with van der Waals surface area (Å²) >= 11 is 5.51. The third-order valence-corrected chi connectivity index (χ3v) is 3.80. The second-order valence-electron chi connectivity index (χ2n) is 7.23. The van der Waals surface area contributed by atoms with E-state index in [2.05, 4.69) is 0 Å². The molecule has 0 unspecified atom stereocenters. The van der Waals surface area contributed by atoms with Crippen molar-refractivity contribution in [2.45, 2.75) is 46.8 Å². The summed E-state index contributed by atoms with van der Waals surface area (Å²) in [6.07, 6.45) is 0. The van der Waals surface area contributed by atoms with E-state index in [0.29, 0.717) is 7.28 Å². The van der Waals surface area contributed by atoms with Gasteiger partial charge in [-0.3, -0.25) is 14.4 Å². The average molecular weight is 353 g/mol. The highest BCUT2D eigenvalue weighted by atomic mass is 35.5. The lowest BCUT2D eigenvalue weighted by molar-refractivity contribution is -0.143. The summed E-state index contributed by atoms with van der Waals surface area (Å²) in [5.74, 6) is -0.728. The number of carbonyl (C=O) groups excluding carboxylic acids is 3. The monoisotopic (exact) mass is 352 g/mol. The van der Waals surface area contributed by atoms with Crippen LogP contribution in [0, 0.1) is 5.41 Å². The van der Waals surface area contributed by atoms with E-state index >= 15 is 0 Å². The Kier molecular flexibility index (Phi) is 6.23. The molecule has 0 aliphatic carbocycles. The first kappa shape index (κ1) is 20.2. The van der Waals surface area contributed by atoms with Crippen molar-refractivity contribution in [2.75, 3.05) is 0 Å². The highest BCUT2D eigenvalue weighted by molar-refractivity contribution is 6.67. The molecular weight excluding hydrogens is 330 g/mol. The highest BCUT2D eigenvalue weighted by Gasteiger charge is 2.29. The number of rotatable bonds is 5. The van der Waals surface area contributed by atoms with Crippen LogP contribution in [0.1, 0.15) is 45.0 Å². The van der Waals surface area contributed by atoms with Crippen LogP contribution < -0.4 is 9.47 Å². The van der Waals surface area contributed by atoms with Gasteiger partial charge >= 0.3 is 11.9 Å². The topological polar surface area (TPSA) is 69.7 Å². The lowest BCUT2D eigenvalue weighted by Gasteiger charge is -2.20. The van der Waals surface area contributed by atoms with E-state index < -0.39 is 27.9 Å². The van der Waals surface area contributed by atoms with Crippen LogP contribution in [-0.4, -0.2) is 24.5 Å². The van der Waals surface area contributed by atoms with Gasteiger partial charge in [-0.1, -0.05) is 20.7 Å². The predicted octanol–water partition coefficient (Wildman–Crippen LogP) is 3.61. The largest absolute Gasteiger partial charge is 0.426 e. The molecule has 0 spiro atoms. The van der Waals surface area contributed by atoms with Crippen molar-refractivity contribution in [1.29, 1.82) is 0 Å². The van der Waals surface area contributed by atoms with Crippen molar-refractivity contribution in [1.82, 2.24) is 0 Å². The van der Waals surface area contributed by atoms with Gasteiger partial charge < -0.3 is 9.47 Å². The predicted molar refractivity (Wildman–Crippen MR) is 94.4 cm³/mol. The molecule has 130 valence electrons. The summed E-state index contributed by atoms with van der Waals surface area (Å²) < 4.78 is 10.6. The molecular formula is C17H22BClO5.